The Balaban J connectivity index is 1.79. The molecule has 172 valence electrons. The third-order valence-corrected chi connectivity index (χ3v) is 5.93. The highest BCUT2D eigenvalue weighted by Gasteiger charge is 2.42. The van der Waals surface area contributed by atoms with E-state index in [1.165, 1.54) is 7.11 Å². The smallest absolute Gasteiger partial charge is 0.250 e. The van der Waals surface area contributed by atoms with Crippen molar-refractivity contribution in [1.29, 1.82) is 0 Å². The van der Waals surface area contributed by atoms with Crippen LogP contribution in [0.25, 0.3) is 0 Å². The van der Waals surface area contributed by atoms with Crippen LogP contribution in [0.1, 0.15) is 30.4 Å². The zero-order valence-electron chi connectivity index (χ0n) is 18.8. The standard InChI is InChI=1S/C24H27N5O3S/c1-4-28-13-7-9-19(28)23-22(17-8-5-6-12-25-17)27-24(33)29(23)16-10-11-20(32-3)18(14-16)26-21(30)15-31-2/h5-14,22-23H,4,15H2,1-3H3,(H,26,30)(H,27,33)/t22-,23-/m0/s1. The van der Waals surface area contributed by atoms with E-state index < -0.39 is 0 Å². The lowest BCUT2D eigenvalue weighted by Crippen LogP contribution is -2.30. The van der Waals surface area contributed by atoms with Crippen molar-refractivity contribution in [3.05, 3.63) is 72.3 Å². The number of nitrogens with one attached hydrogen (secondary N) is 2. The molecule has 1 amide bonds. The molecule has 0 bridgehead atoms. The Hall–Kier alpha value is -3.43. The van der Waals surface area contributed by atoms with Gasteiger partial charge in [0, 0.05) is 37.4 Å². The maximum absolute atomic E-state index is 12.2. The number of methoxy groups -OCH3 is 2. The quantitative estimate of drug-likeness (QED) is 0.491. The van der Waals surface area contributed by atoms with Gasteiger partial charge in [-0.25, -0.2) is 0 Å². The second kappa shape index (κ2) is 10.0. The molecule has 1 aliphatic rings. The van der Waals surface area contributed by atoms with Gasteiger partial charge in [-0.3, -0.25) is 9.78 Å². The van der Waals surface area contributed by atoms with Gasteiger partial charge in [-0.2, -0.15) is 0 Å². The first-order chi connectivity index (χ1) is 16.1. The number of hydrogen-bond acceptors (Lipinski definition) is 5. The maximum Gasteiger partial charge on any atom is 0.250 e. The van der Waals surface area contributed by atoms with Crippen LogP contribution in [-0.2, 0) is 16.1 Å². The number of ether oxygens (including phenoxy) is 2. The fraction of sp³-hybridized carbons (Fsp3) is 0.292. The van der Waals surface area contributed by atoms with Crippen LogP contribution in [0.2, 0.25) is 0 Å². The molecule has 0 aliphatic carbocycles. The number of aryl methyl sites for hydroxylation is 1. The molecule has 2 aromatic heterocycles. The van der Waals surface area contributed by atoms with Gasteiger partial charge in [-0.15, -0.1) is 0 Å². The van der Waals surface area contributed by atoms with Crippen LogP contribution in [0.15, 0.2) is 60.9 Å². The average molecular weight is 466 g/mol. The molecule has 2 atom stereocenters. The summed E-state index contributed by atoms with van der Waals surface area (Å²) in [5, 5.41) is 6.90. The molecule has 4 rings (SSSR count). The summed E-state index contributed by atoms with van der Waals surface area (Å²) in [6.45, 7) is 2.89. The zero-order chi connectivity index (χ0) is 23.4. The third kappa shape index (κ3) is 4.55. The Bertz CT molecular complexity index is 1130. The summed E-state index contributed by atoms with van der Waals surface area (Å²) in [4.78, 5) is 18.9. The van der Waals surface area contributed by atoms with Crippen molar-refractivity contribution in [2.24, 2.45) is 0 Å². The number of aromatic nitrogens is 2. The molecule has 1 fully saturated rings. The van der Waals surface area contributed by atoms with Gasteiger partial charge < -0.3 is 29.6 Å². The van der Waals surface area contributed by atoms with Crippen molar-refractivity contribution in [2.75, 3.05) is 31.0 Å². The van der Waals surface area contributed by atoms with Crippen molar-refractivity contribution >= 4 is 34.6 Å². The molecule has 1 aliphatic heterocycles. The van der Waals surface area contributed by atoms with Crippen LogP contribution in [0.4, 0.5) is 11.4 Å². The lowest BCUT2D eigenvalue weighted by molar-refractivity contribution is -0.119. The maximum atomic E-state index is 12.2. The van der Waals surface area contributed by atoms with E-state index in [4.69, 9.17) is 21.7 Å². The number of amides is 1. The SMILES string of the molecule is CCn1cccc1[C@H]1[C@H](c2ccccn2)NC(=S)N1c1ccc(OC)c(NC(=O)COC)c1. The van der Waals surface area contributed by atoms with Gasteiger partial charge in [0.1, 0.15) is 18.4 Å². The Morgan fingerprint density at radius 1 is 1.21 bits per heavy atom. The van der Waals surface area contributed by atoms with Crippen LogP contribution >= 0.6 is 12.2 Å². The first-order valence-corrected chi connectivity index (χ1v) is 11.1. The van der Waals surface area contributed by atoms with Crippen LogP contribution < -0.4 is 20.3 Å². The van der Waals surface area contributed by atoms with E-state index in [-0.39, 0.29) is 24.6 Å². The average Bonchev–Trinajstić information content (AvgIpc) is 3.43. The summed E-state index contributed by atoms with van der Waals surface area (Å²) >= 11 is 5.80. The fourth-order valence-corrected chi connectivity index (χ4v) is 4.52. The number of rotatable bonds is 8. The zero-order valence-corrected chi connectivity index (χ0v) is 19.6. The summed E-state index contributed by atoms with van der Waals surface area (Å²) < 4.78 is 12.6. The molecule has 2 N–H and O–H groups in total. The van der Waals surface area contributed by atoms with Gasteiger partial charge >= 0.3 is 0 Å². The van der Waals surface area contributed by atoms with E-state index in [2.05, 4.69) is 44.3 Å². The highest BCUT2D eigenvalue weighted by Crippen LogP contribution is 2.43. The van der Waals surface area contributed by atoms with Crippen LogP contribution in [0.5, 0.6) is 5.75 Å². The van der Waals surface area contributed by atoms with E-state index in [1.54, 1.807) is 13.3 Å². The first-order valence-electron chi connectivity index (χ1n) is 10.7. The molecule has 9 heteroatoms. The normalized spacial score (nSPS) is 17.7. The minimum atomic E-state index is -0.266. The van der Waals surface area contributed by atoms with Crippen LogP contribution in [-0.4, -0.2) is 41.4 Å². The Morgan fingerprint density at radius 3 is 2.76 bits per heavy atom. The first kappa shape index (κ1) is 22.8. The van der Waals surface area contributed by atoms with Gasteiger partial charge in [0.15, 0.2) is 5.11 Å². The number of nitrogens with zero attached hydrogens (tertiary/aromatic N) is 3. The number of hydrogen-bond donors (Lipinski definition) is 2. The predicted molar refractivity (Wildman–Crippen MR) is 132 cm³/mol. The molecule has 0 unspecified atom stereocenters. The summed E-state index contributed by atoms with van der Waals surface area (Å²) in [5.41, 5.74) is 3.39. The fourth-order valence-electron chi connectivity index (χ4n) is 4.18. The Morgan fingerprint density at radius 2 is 2.06 bits per heavy atom. The largest absolute Gasteiger partial charge is 0.495 e. The molecule has 0 spiro atoms. The van der Waals surface area contributed by atoms with Crippen molar-refractivity contribution in [1.82, 2.24) is 14.9 Å². The van der Waals surface area contributed by atoms with Crippen molar-refractivity contribution < 1.29 is 14.3 Å². The number of carbonyl (C=O) groups excluding carboxylic acids is 1. The van der Waals surface area contributed by atoms with Gasteiger partial charge in [0.2, 0.25) is 5.91 Å². The number of carbonyl (C=O) groups is 1. The number of thiocarbonyl (C=S) groups is 1. The number of benzene rings is 1. The topological polar surface area (TPSA) is 80.7 Å². The number of pyridine rings is 1. The minimum Gasteiger partial charge on any atom is -0.495 e. The molecule has 1 aromatic carbocycles. The van der Waals surface area contributed by atoms with Crippen LogP contribution in [0, 0.1) is 0 Å². The molecular formula is C24H27N5O3S. The van der Waals surface area contributed by atoms with E-state index in [1.807, 2.05) is 42.5 Å². The molecular weight excluding hydrogens is 438 g/mol. The van der Waals surface area contributed by atoms with E-state index in [0.717, 1.165) is 23.6 Å². The Kier molecular flexibility index (Phi) is 6.90. The lowest BCUT2D eigenvalue weighted by Gasteiger charge is -2.29. The molecule has 0 saturated carbocycles. The monoisotopic (exact) mass is 465 g/mol. The molecule has 0 radical (unpaired) electrons. The highest BCUT2D eigenvalue weighted by atomic mass is 32.1. The van der Waals surface area contributed by atoms with E-state index in [0.29, 0.717) is 16.5 Å². The van der Waals surface area contributed by atoms with Gasteiger partial charge in [0.25, 0.3) is 0 Å². The molecule has 33 heavy (non-hydrogen) atoms. The predicted octanol–water partition coefficient (Wildman–Crippen LogP) is 3.67. The van der Waals surface area contributed by atoms with Crippen molar-refractivity contribution in [3.63, 3.8) is 0 Å². The van der Waals surface area contributed by atoms with Gasteiger partial charge in [-0.05, 0) is 61.6 Å². The molecule has 3 aromatic rings. The summed E-state index contributed by atoms with van der Waals surface area (Å²) in [7, 11) is 3.05. The third-order valence-electron chi connectivity index (χ3n) is 5.62. The highest BCUT2D eigenvalue weighted by molar-refractivity contribution is 7.80. The van der Waals surface area contributed by atoms with E-state index >= 15 is 0 Å². The van der Waals surface area contributed by atoms with E-state index in [9.17, 15) is 4.79 Å². The van der Waals surface area contributed by atoms with Crippen molar-refractivity contribution in [3.8, 4) is 5.75 Å². The van der Waals surface area contributed by atoms with Crippen molar-refractivity contribution in [2.45, 2.75) is 25.6 Å². The molecule has 8 nitrogen and oxygen atoms in total. The molecule has 3 heterocycles. The van der Waals surface area contributed by atoms with Gasteiger partial charge in [-0.1, -0.05) is 6.07 Å². The minimum absolute atomic E-state index is 0.0501. The van der Waals surface area contributed by atoms with Gasteiger partial charge in [0.05, 0.1) is 24.5 Å². The molecule has 1 saturated heterocycles. The second-order valence-electron chi connectivity index (χ2n) is 7.58. The number of anilines is 2. The summed E-state index contributed by atoms with van der Waals surface area (Å²) in [5.74, 6) is 0.286. The van der Waals surface area contributed by atoms with Crippen LogP contribution in [0.3, 0.4) is 0 Å². The summed E-state index contributed by atoms with van der Waals surface area (Å²) in [6.07, 6.45) is 3.85. The Labute approximate surface area is 198 Å². The lowest BCUT2D eigenvalue weighted by atomic mass is 10.0. The summed E-state index contributed by atoms with van der Waals surface area (Å²) in [6, 6.07) is 15.4. The second-order valence-corrected chi connectivity index (χ2v) is 7.97.